The van der Waals surface area contributed by atoms with E-state index in [2.05, 4.69) is 17.4 Å². The van der Waals surface area contributed by atoms with Gasteiger partial charge in [-0.1, -0.05) is 42.5 Å². The molecule has 2 aromatic carbocycles. The van der Waals surface area contributed by atoms with Crippen molar-refractivity contribution < 1.29 is 4.79 Å². The van der Waals surface area contributed by atoms with Gasteiger partial charge in [-0.15, -0.1) is 0 Å². The maximum Gasteiger partial charge on any atom is 0.253 e. The number of carbonyl (C=O) groups excluding carboxylic acids is 1. The van der Waals surface area contributed by atoms with E-state index >= 15 is 0 Å². The summed E-state index contributed by atoms with van der Waals surface area (Å²) < 4.78 is 0. The highest BCUT2D eigenvalue weighted by Crippen LogP contribution is 2.28. The van der Waals surface area contributed by atoms with Crippen molar-refractivity contribution in [2.75, 3.05) is 19.6 Å². The highest BCUT2D eigenvalue weighted by molar-refractivity contribution is 5.94. The summed E-state index contributed by atoms with van der Waals surface area (Å²) in [7, 11) is 0. The molecule has 3 heteroatoms. The van der Waals surface area contributed by atoms with E-state index in [9.17, 15) is 4.79 Å². The molecule has 0 bridgehead atoms. The maximum atomic E-state index is 12.7. The molecule has 0 unspecified atom stereocenters. The fraction of sp³-hybridized carbons (Fsp3) is 0.409. The number of benzene rings is 2. The van der Waals surface area contributed by atoms with Gasteiger partial charge >= 0.3 is 0 Å². The second-order valence-corrected chi connectivity index (χ2v) is 7.36. The molecule has 2 aromatic rings. The van der Waals surface area contributed by atoms with Crippen LogP contribution in [0.1, 0.15) is 36.0 Å². The normalized spacial score (nSPS) is 18.3. The lowest BCUT2D eigenvalue weighted by Crippen LogP contribution is -2.45. The van der Waals surface area contributed by atoms with Crippen LogP contribution in [0.5, 0.6) is 0 Å². The molecule has 4 rings (SSSR count). The van der Waals surface area contributed by atoms with Crippen molar-refractivity contribution in [1.82, 2.24) is 10.2 Å². The minimum absolute atomic E-state index is 0.167. The Bertz CT molecular complexity index is 699. The Kier molecular flexibility index (Phi) is 4.84. The number of nitrogens with zero attached hydrogens (tertiary/aromatic N) is 1. The zero-order valence-electron chi connectivity index (χ0n) is 14.7. The monoisotopic (exact) mass is 334 g/mol. The summed E-state index contributed by atoms with van der Waals surface area (Å²) in [5.41, 5.74) is 3.13. The van der Waals surface area contributed by atoms with Gasteiger partial charge in [-0.3, -0.25) is 4.79 Å². The highest BCUT2D eigenvalue weighted by Gasteiger charge is 2.26. The van der Waals surface area contributed by atoms with Gasteiger partial charge in [0.2, 0.25) is 0 Å². The molecule has 25 heavy (non-hydrogen) atoms. The second kappa shape index (κ2) is 7.40. The van der Waals surface area contributed by atoms with Crippen LogP contribution in [0.25, 0.3) is 11.1 Å². The Balaban J connectivity index is 1.33. The number of hydrogen-bond donors (Lipinski definition) is 1. The first-order valence-electron chi connectivity index (χ1n) is 9.48. The molecule has 0 atom stereocenters. The van der Waals surface area contributed by atoms with Crippen LogP contribution in [-0.4, -0.2) is 36.5 Å². The van der Waals surface area contributed by atoms with Crippen molar-refractivity contribution in [3.05, 3.63) is 60.2 Å². The van der Waals surface area contributed by atoms with E-state index in [-0.39, 0.29) is 5.91 Å². The van der Waals surface area contributed by atoms with Crippen molar-refractivity contribution in [2.45, 2.75) is 31.7 Å². The minimum Gasteiger partial charge on any atom is -0.339 e. The smallest absolute Gasteiger partial charge is 0.253 e. The molecule has 1 aliphatic carbocycles. The van der Waals surface area contributed by atoms with Gasteiger partial charge in [-0.25, -0.2) is 0 Å². The third kappa shape index (κ3) is 4.10. The minimum atomic E-state index is 0.167. The summed E-state index contributed by atoms with van der Waals surface area (Å²) in [6.45, 7) is 2.89. The molecule has 1 aliphatic heterocycles. The summed E-state index contributed by atoms with van der Waals surface area (Å²) in [5.74, 6) is 1.09. The van der Waals surface area contributed by atoms with Crippen LogP contribution in [0.4, 0.5) is 0 Å². The SMILES string of the molecule is O=C(c1ccc(-c2ccccc2)cc1)N1CCC(NCC2CC2)CC1. The molecule has 3 nitrogen and oxygen atoms in total. The van der Waals surface area contributed by atoms with Crippen molar-refractivity contribution in [2.24, 2.45) is 5.92 Å². The number of carbonyl (C=O) groups is 1. The fourth-order valence-corrected chi connectivity index (χ4v) is 3.56. The van der Waals surface area contributed by atoms with E-state index in [1.54, 1.807) is 0 Å². The molecule has 2 fully saturated rings. The molecule has 1 heterocycles. The van der Waals surface area contributed by atoms with Crippen molar-refractivity contribution in [3.8, 4) is 11.1 Å². The van der Waals surface area contributed by atoms with E-state index < -0.39 is 0 Å². The molecule has 1 N–H and O–H groups in total. The predicted octanol–water partition coefficient (Wildman–Crippen LogP) is 3.96. The van der Waals surface area contributed by atoms with Gasteiger partial charge < -0.3 is 10.2 Å². The Hall–Kier alpha value is -2.13. The molecule has 0 spiro atoms. The van der Waals surface area contributed by atoms with Crippen LogP contribution in [0, 0.1) is 5.92 Å². The van der Waals surface area contributed by atoms with Crippen LogP contribution in [0.15, 0.2) is 54.6 Å². The topological polar surface area (TPSA) is 32.3 Å². The molecule has 1 amide bonds. The van der Waals surface area contributed by atoms with E-state index in [4.69, 9.17) is 0 Å². The third-order valence-corrected chi connectivity index (χ3v) is 5.41. The third-order valence-electron chi connectivity index (χ3n) is 5.41. The lowest BCUT2D eigenvalue weighted by molar-refractivity contribution is 0.0705. The largest absolute Gasteiger partial charge is 0.339 e. The first-order valence-corrected chi connectivity index (χ1v) is 9.48. The van der Waals surface area contributed by atoms with Crippen molar-refractivity contribution in [3.63, 3.8) is 0 Å². The fourth-order valence-electron chi connectivity index (χ4n) is 3.56. The number of hydrogen-bond acceptors (Lipinski definition) is 2. The Morgan fingerprint density at radius 2 is 1.52 bits per heavy atom. The summed E-state index contributed by atoms with van der Waals surface area (Å²) in [6.07, 6.45) is 4.92. The zero-order valence-corrected chi connectivity index (χ0v) is 14.7. The molecule has 0 aromatic heterocycles. The lowest BCUT2D eigenvalue weighted by Gasteiger charge is -2.32. The van der Waals surface area contributed by atoms with Gasteiger partial charge in [0.15, 0.2) is 0 Å². The highest BCUT2D eigenvalue weighted by atomic mass is 16.2. The van der Waals surface area contributed by atoms with Gasteiger partial charge in [0.05, 0.1) is 0 Å². The van der Waals surface area contributed by atoms with Gasteiger partial charge in [0.1, 0.15) is 0 Å². The number of nitrogens with one attached hydrogen (secondary N) is 1. The van der Waals surface area contributed by atoms with Crippen molar-refractivity contribution >= 4 is 5.91 Å². The predicted molar refractivity (Wildman–Crippen MR) is 102 cm³/mol. The van der Waals surface area contributed by atoms with Gasteiger partial charge in [-0.2, -0.15) is 0 Å². The van der Waals surface area contributed by atoms with Crippen LogP contribution in [0.2, 0.25) is 0 Å². The second-order valence-electron chi connectivity index (χ2n) is 7.36. The average molecular weight is 334 g/mol. The zero-order chi connectivity index (χ0) is 17.1. The molecule has 130 valence electrons. The van der Waals surface area contributed by atoms with E-state index in [0.29, 0.717) is 6.04 Å². The molecular formula is C22H26N2O. The standard InChI is InChI=1S/C22H26N2O/c25-22(24-14-12-21(13-15-24)23-16-17-6-7-17)20-10-8-19(9-11-20)18-4-2-1-3-5-18/h1-5,8-11,17,21,23H,6-7,12-16H2. The number of likely N-dealkylation sites (tertiary alicyclic amines) is 1. The Morgan fingerprint density at radius 1 is 0.880 bits per heavy atom. The average Bonchev–Trinajstić information content (AvgIpc) is 3.52. The Morgan fingerprint density at radius 3 is 2.16 bits per heavy atom. The lowest BCUT2D eigenvalue weighted by atomic mass is 10.0. The van der Waals surface area contributed by atoms with E-state index in [1.165, 1.54) is 24.9 Å². The van der Waals surface area contributed by atoms with Crippen LogP contribution in [-0.2, 0) is 0 Å². The molecule has 0 radical (unpaired) electrons. The van der Waals surface area contributed by atoms with Crippen LogP contribution >= 0.6 is 0 Å². The number of amides is 1. The maximum absolute atomic E-state index is 12.7. The van der Waals surface area contributed by atoms with Gasteiger partial charge in [-0.05, 0) is 61.4 Å². The summed E-state index contributed by atoms with van der Waals surface area (Å²) in [4.78, 5) is 14.7. The van der Waals surface area contributed by atoms with E-state index in [1.807, 2.05) is 47.4 Å². The van der Waals surface area contributed by atoms with Gasteiger partial charge in [0, 0.05) is 24.7 Å². The molecule has 1 saturated heterocycles. The van der Waals surface area contributed by atoms with Crippen LogP contribution in [0.3, 0.4) is 0 Å². The summed E-state index contributed by atoms with van der Waals surface area (Å²) in [6, 6.07) is 18.9. The number of piperidine rings is 1. The van der Waals surface area contributed by atoms with Crippen molar-refractivity contribution in [1.29, 1.82) is 0 Å². The summed E-state index contributed by atoms with van der Waals surface area (Å²) >= 11 is 0. The van der Waals surface area contributed by atoms with Gasteiger partial charge in [0.25, 0.3) is 5.91 Å². The number of rotatable bonds is 5. The summed E-state index contributed by atoms with van der Waals surface area (Å²) in [5, 5.41) is 3.67. The molecule has 1 saturated carbocycles. The van der Waals surface area contributed by atoms with Crippen LogP contribution < -0.4 is 5.32 Å². The first-order chi connectivity index (χ1) is 12.3. The first kappa shape index (κ1) is 16.3. The van der Waals surface area contributed by atoms with E-state index in [0.717, 1.165) is 43.0 Å². The Labute approximate surface area is 150 Å². The quantitative estimate of drug-likeness (QED) is 0.898. The molecule has 2 aliphatic rings. The molecular weight excluding hydrogens is 308 g/mol.